The summed E-state index contributed by atoms with van der Waals surface area (Å²) in [5.74, 6) is 0.150. The molecule has 4 aromatic rings. The van der Waals surface area contributed by atoms with E-state index < -0.39 is 0 Å². The van der Waals surface area contributed by atoms with Gasteiger partial charge in [-0.1, -0.05) is 103 Å². The van der Waals surface area contributed by atoms with Crippen LogP contribution in [0.25, 0.3) is 11.1 Å². The fraction of sp³-hybridized carbons (Fsp3) is 0.172. The van der Waals surface area contributed by atoms with Crippen LogP contribution in [0.3, 0.4) is 0 Å². The molecule has 0 N–H and O–H groups in total. The third-order valence-electron chi connectivity index (χ3n) is 5.84. The first-order chi connectivity index (χ1) is 15.1. The summed E-state index contributed by atoms with van der Waals surface area (Å²) in [7, 11) is 0. The molecule has 0 bridgehead atoms. The highest BCUT2D eigenvalue weighted by Crippen LogP contribution is 2.24. The molecule has 0 saturated carbocycles. The Morgan fingerprint density at radius 1 is 0.677 bits per heavy atom. The summed E-state index contributed by atoms with van der Waals surface area (Å²) < 4.78 is 13.6. The minimum absolute atomic E-state index is 0.175. The highest BCUT2D eigenvalue weighted by Gasteiger charge is 2.07. The van der Waals surface area contributed by atoms with Crippen LogP contribution >= 0.6 is 11.6 Å². The minimum Gasteiger partial charge on any atom is -0.205 e. The molecule has 31 heavy (non-hydrogen) atoms. The number of hydrogen-bond donors (Lipinski definition) is 0. The van der Waals surface area contributed by atoms with Gasteiger partial charge in [-0.15, -0.1) is 0 Å². The fourth-order valence-electron chi connectivity index (χ4n) is 3.93. The van der Waals surface area contributed by atoms with Gasteiger partial charge in [0.25, 0.3) is 0 Å². The van der Waals surface area contributed by atoms with E-state index in [4.69, 9.17) is 11.6 Å². The smallest absolute Gasteiger partial charge is 0.142 e. The summed E-state index contributed by atoms with van der Waals surface area (Å²) in [6.45, 7) is 2.28. The first-order valence-electron chi connectivity index (χ1n) is 10.8. The van der Waals surface area contributed by atoms with Gasteiger partial charge in [-0.2, -0.15) is 0 Å². The van der Waals surface area contributed by atoms with Gasteiger partial charge >= 0.3 is 0 Å². The Morgan fingerprint density at radius 2 is 1.23 bits per heavy atom. The van der Waals surface area contributed by atoms with Crippen molar-refractivity contribution in [3.8, 4) is 11.1 Å². The lowest BCUT2D eigenvalue weighted by Gasteiger charge is -2.12. The molecule has 4 aromatic carbocycles. The standard InChI is InChI=1S/C29H26ClF/c1-21(25-5-3-2-4-6-25)19-23-11-16-27(17-12-23)26-14-9-22(10-15-26)7-8-24-13-18-28(30)29(31)20-24/h2-6,9-18,20-21H,7-8,19H2,1H3/t21-/m0/s1. The predicted octanol–water partition coefficient (Wildman–Crippen LogP) is 8.28. The Hall–Kier alpha value is -2.90. The molecule has 0 unspecified atom stereocenters. The zero-order valence-corrected chi connectivity index (χ0v) is 18.4. The third-order valence-corrected chi connectivity index (χ3v) is 6.14. The van der Waals surface area contributed by atoms with Gasteiger partial charge in [-0.25, -0.2) is 4.39 Å². The molecule has 0 fully saturated rings. The lowest BCUT2D eigenvalue weighted by atomic mass is 9.93. The van der Waals surface area contributed by atoms with E-state index in [1.165, 1.54) is 33.9 Å². The van der Waals surface area contributed by atoms with E-state index in [0.717, 1.165) is 24.8 Å². The van der Waals surface area contributed by atoms with E-state index in [-0.39, 0.29) is 10.8 Å². The molecule has 0 nitrogen and oxygen atoms in total. The van der Waals surface area contributed by atoms with E-state index in [0.29, 0.717) is 5.92 Å². The molecule has 1 atom stereocenters. The summed E-state index contributed by atoms with van der Waals surface area (Å²) in [4.78, 5) is 0. The molecule has 0 spiro atoms. The third kappa shape index (κ3) is 5.62. The topological polar surface area (TPSA) is 0 Å². The molecule has 0 aliphatic carbocycles. The van der Waals surface area contributed by atoms with Crippen LogP contribution in [0.1, 0.15) is 35.1 Å². The Labute approximate surface area is 189 Å². The second-order valence-electron chi connectivity index (χ2n) is 8.16. The number of hydrogen-bond acceptors (Lipinski definition) is 0. The zero-order chi connectivity index (χ0) is 21.6. The van der Waals surface area contributed by atoms with E-state index in [1.54, 1.807) is 6.07 Å². The first-order valence-corrected chi connectivity index (χ1v) is 11.1. The number of benzene rings is 4. The van der Waals surface area contributed by atoms with E-state index in [2.05, 4.69) is 85.8 Å². The van der Waals surface area contributed by atoms with Gasteiger partial charge in [0, 0.05) is 0 Å². The lowest BCUT2D eigenvalue weighted by Crippen LogP contribution is -1.98. The highest BCUT2D eigenvalue weighted by molar-refractivity contribution is 6.30. The molecule has 0 heterocycles. The van der Waals surface area contributed by atoms with Crippen LogP contribution in [0.15, 0.2) is 97.1 Å². The monoisotopic (exact) mass is 428 g/mol. The van der Waals surface area contributed by atoms with Gasteiger partial charge in [0.05, 0.1) is 5.02 Å². The van der Waals surface area contributed by atoms with Crippen LogP contribution in [0, 0.1) is 5.82 Å². The van der Waals surface area contributed by atoms with Crippen LogP contribution in [0.4, 0.5) is 4.39 Å². The van der Waals surface area contributed by atoms with Gasteiger partial charge < -0.3 is 0 Å². The SMILES string of the molecule is C[C@@H](Cc1ccc(-c2ccc(CCc3ccc(Cl)c(F)c3)cc2)cc1)c1ccccc1. The Kier molecular flexibility index (Phi) is 6.84. The van der Waals surface area contributed by atoms with Crippen LogP contribution in [-0.2, 0) is 19.3 Å². The van der Waals surface area contributed by atoms with Crippen molar-refractivity contribution in [3.05, 3.63) is 130 Å². The Bertz CT molecular complexity index is 1120. The maximum atomic E-state index is 13.6. The van der Waals surface area contributed by atoms with Gasteiger partial charge in [0.1, 0.15) is 5.82 Å². The van der Waals surface area contributed by atoms with Crippen molar-refractivity contribution in [1.82, 2.24) is 0 Å². The molecule has 0 amide bonds. The Morgan fingerprint density at radius 3 is 1.84 bits per heavy atom. The molecular formula is C29H26ClF. The average Bonchev–Trinajstić information content (AvgIpc) is 2.81. The van der Waals surface area contributed by atoms with Crippen molar-refractivity contribution in [1.29, 1.82) is 0 Å². The maximum Gasteiger partial charge on any atom is 0.142 e. The molecule has 0 aliphatic rings. The van der Waals surface area contributed by atoms with Crippen molar-refractivity contribution in [3.63, 3.8) is 0 Å². The maximum absolute atomic E-state index is 13.6. The second-order valence-corrected chi connectivity index (χ2v) is 8.57. The van der Waals surface area contributed by atoms with Gasteiger partial charge in [0.15, 0.2) is 0 Å². The quantitative estimate of drug-likeness (QED) is 0.278. The molecule has 0 aliphatic heterocycles. The highest BCUT2D eigenvalue weighted by atomic mass is 35.5. The van der Waals surface area contributed by atoms with Crippen molar-refractivity contribution in [2.45, 2.75) is 32.1 Å². The first kappa shape index (κ1) is 21.3. The molecule has 156 valence electrons. The van der Waals surface area contributed by atoms with Gasteiger partial charge in [-0.05, 0) is 70.7 Å². The van der Waals surface area contributed by atoms with E-state index in [1.807, 2.05) is 6.07 Å². The number of aryl methyl sites for hydroxylation is 2. The van der Waals surface area contributed by atoms with Gasteiger partial charge in [0.2, 0.25) is 0 Å². The minimum atomic E-state index is -0.351. The Balaban J connectivity index is 1.36. The zero-order valence-electron chi connectivity index (χ0n) is 17.7. The van der Waals surface area contributed by atoms with E-state index in [9.17, 15) is 4.39 Å². The van der Waals surface area contributed by atoms with Crippen LogP contribution in [0.5, 0.6) is 0 Å². The van der Waals surface area contributed by atoms with E-state index >= 15 is 0 Å². The molecule has 0 saturated heterocycles. The summed E-state index contributed by atoms with van der Waals surface area (Å²) in [5.41, 5.74) is 7.38. The van der Waals surface area contributed by atoms with Crippen molar-refractivity contribution in [2.75, 3.05) is 0 Å². The molecule has 0 radical (unpaired) electrons. The van der Waals surface area contributed by atoms with Crippen molar-refractivity contribution < 1.29 is 4.39 Å². The molecule has 4 rings (SSSR count). The predicted molar refractivity (Wildman–Crippen MR) is 129 cm³/mol. The van der Waals surface area contributed by atoms with Crippen molar-refractivity contribution >= 4 is 11.6 Å². The average molecular weight is 429 g/mol. The summed E-state index contributed by atoms with van der Waals surface area (Å²) in [5, 5.41) is 0.175. The summed E-state index contributed by atoms with van der Waals surface area (Å²) in [6, 6.07) is 33.2. The molecule has 2 heteroatoms. The summed E-state index contributed by atoms with van der Waals surface area (Å²) in [6.07, 6.45) is 2.70. The summed E-state index contributed by atoms with van der Waals surface area (Å²) >= 11 is 5.76. The lowest BCUT2D eigenvalue weighted by molar-refractivity contribution is 0.625. The van der Waals surface area contributed by atoms with Crippen molar-refractivity contribution in [2.24, 2.45) is 0 Å². The van der Waals surface area contributed by atoms with Crippen LogP contribution in [0.2, 0.25) is 5.02 Å². The van der Waals surface area contributed by atoms with Crippen LogP contribution in [-0.4, -0.2) is 0 Å². The fourth-order valence-corrected chi connectivity index (χ4v) is 4.05. The normalized spacial score (nSPS) is 12.0. The second kappa shape index (κ2) is 9.94. The largest absolute Gasteiger partial charge is 0.205 e. The molecular weight excluding hydrogens is 403 g/mol. The molecule has 0 aromatic heterocycles. The van der Waals surface area contributed by atoms with Crippen LogP contribution < -0.4 is 0 Å². The number of rotatable bonds is 7. The number of halogens is 2. The van der Waals surface area contributed by atoms with Gasteiger partial charge in [-0.3, -0.25) is 0 Å².